The van der Waals surface area contributed by atoms with E-state index in [2.05, 4.69) is 30.3 Å². The molecule has 3 aromatic carbocycles. The van der Waals surface area contributed by atoms with Crippen molar-refractivity contribution in [3.8, 4) is 0 Å². The molecule has 0 aliphatic rings. The average molecular weight is 250 g/mol. The van der Waals surface area contributed by atoms with Crippen molar-refractivity contribution < 1.29 is 9.53 Å². The van der Waals surface area contributed by atoms with Gasteiger partial charge in [0.2, 0.25) is 0 Å². The van der Waals surface area contributed by atoms with Crippen molar-refractivity contribution in [3.63, 3.8) is 0 Å². The van der Waals surface area contributed by atoms with E-state index in [0.717, 1.165) is 10.9 Å². The summed E-state index contributed by atoms with van der Waals surface area (Å²) < 4.78 is 5.15. The average Bonchev–Trinajstić information content (AvgIpc) is 2.44. The lowest BCUT2D eigenvalue weighted by atomic mass is 9.98. The van der Waals surface area contributed by atoms with Crippen molar-refractivity contribution in [2.75, 3.05) is 0 Å². The number of ether oxygens (including phenoxy) is 1. The predicted molar refractivity (Wildman–Crippen MR) is 76.9 cm³/mol. The molecular formula is C17H14O2. The monoisotopic (exact) mass is 250 g/mol. The number of carbonyl (C=O) groups excluding carboxylic acids is 1. The summed E-state index contributed by atoms with van der Waals surface area (Å²) in [6, 6.07) is 18.6. The summed E-state index contributed by atoms with van der Waals surface area (Å²) in [4.78, 5) is 11.0. The number of fused-ring (bicyclic) bond motifs is 3. The van der Waals surface area contributed by atoms with Crippen molar-refractivity contribution in [2.24, 2.45) is 0 Å². The first-order valence-corrected chi connectivity index (χ1v) is 6.28. The Morgan fingerprint density at radius 3 is 2.32 bits per heavy atom. The molecule has 2 nitrogen and oxygen atoms in total. The molecule has 0 aliphatic heterocycles. The van der Waals surface area contributed by atoms with Gasteiger partial charge in [-0.1, -0.05) is 48.5 Å². The Morgan fingerprint density at radius 2 is 1.58 bits per heavy atom. The van der Waals surface area contributed by atoms with Crippen LogP contribution in [0.3, 0.4) is 0 Å². The largest absolute Gasteiger partial charge is 0.461 e. The van der Waals surface area contributed by atoms with Gasteiger partial charge < -0.3 is 4.74 Å². The third-order valence-corrected chi connectivity index (χ3v) is 3.28. The second-order valence-corrected chi connectivity index (χ2v) is 4.58. The van der Waals surface area contributed by atoms with Crippen molar-refractivity contribution in [2.45, 2.75) is 13.5 Å². The van der Waals surface area contributed by atoms with Gasteiger partial charge in [-0.25, -0.2) is 0 Å². The number of benzene rings is 3. The maximum absolute atomic E-state index is 11.0. The van der Waals surface area contributed by atoms with Crippen LogP contribution in [0, 0.1) is 0 Å². The fraction of sp³-hybridized carbons (Fsp3) is 0.118. The van der Waals surface area contributed by atoms with E-state index >= 15 is 0 Å². The summed E-state index contributed by atoms with van der Waals surface area (Å²) >= 11 is 0. The first-order chi connectivity index (χ1) is 9.25. The standard InChI is InChI=1S/C17H14O2/c1-12(18)19-11-14-10-13-6-2-3-7-15(13)17-9-5-4-8-16(14)17/h2-10H,11H2,1H3. The highest BCUT2D eigenvalue weighted by Gasteiger charge is 2.06. The molecule has 0 heterocycles. The van der Waals surface area contributed by atoms with Crippen LogP contribution in [0.15, 0.2) is 54.6 Å². The number of esters is 1. The minimum atomic E-state index is -0.253. The second-order valence-electron chi connectivity index (χ2n) is 4.58. The van der Waals surface area contributed by atoms with Crippen LogP contribution in [-0.4, -0.2) is 5.97 Å². The summed E-state index contributed by atoms with van der Waals surface area (Å²) in [5.74, 6) is -0.253. The highest BCUT2D eigenvalue weighted by atomic mass is 16.5. The van der Waals surface area contributed by atoms with E-state index in [9.17, 15) is 4.79 Å². The third-order valence-electron chi connectivity index (χ3n) is 3.28. The molecule has 0 amide bonds. The SMILES string of the molecule is CC(=O)OCc1cc2ccccc2c2ccccc12. The lowest BCUT2D eigenvalue weighted by Gasteiger charge is -2.10. The van der Waals surface area contributed by atoms with E-state index in [4.69, 9.17) is 4.74 Å². The van der Waals surface area contributed by atoms with Crippen molar-refractivity contribution in [1.29, 1.82) is 0 Å². The Bertz CT molecular complexity index is 759. The fourth-order valence-corrected chi connectivity index (χ4v) is 2.43. The van der Waals surface area contributed by atoms with Crippen LogP contribution >= 0.6 is 0 Å². The van der Waals surface area contributed by atoms with Gasteiger partial charge in [-0.05, 0) is 33.2 Å². The van der Waals surface area contributed by atoms with E-state index in [1.54, 1.807) is 0 Å². The first-order valence-electron chi connectivity index (χ1n) is 6.28. The van der Waals surface area contributed by atoms with E-state index < -0.39 is 0 Å². The molecule has 0 bridgehead atoms. The van der Waals surface area contributed by atoms with Gasteiger partial charge in [0.1, 0.15) is 6.61 Å². The van der Waals surface area contributed by atoms with E-state index in [1.165, 1.54) is 23.1 Å². The molecule has 0 aliphatic carbocycles. The number of hydrogen-bond acceptors (Lipinski definition) is 2. The minimum Gasteiger partial charge on any atom is -0.461 e. The smallest absolute Gasteiger partial charge is 0.302 e. The summed E-state index contributed by atoms with van der Waals surface area (Å²) in [5.41, 5.74) is 1.05. The van der Waals surface area contributed by atoms with Gasteiger partial charge in [0.25, 0.3) is 0 Å². The maximum Gasteiger partial charge on any atom is 0.302 e. The number of carbonyl (C=O) groups is 1. The molecule has 3 aromatic rings. The van der Waals surface area contributed by atoms with Crippen LogP contribution < -0.4 is 0 Å². The Hall–Kier alpha value is -2.35. The third kappa shape index (κ3) is 2.17. The Balaban J connectivity index is 2.26. The molecule has 0 saturated carbocycles. The van der Waals surface area contributed by atoms with E-state index in [1.807, 2.05) is 24.3 Å². The number of rotatable bonds is 2. The zero-order valence-corrected chi connectivity index (χ0v) is 10.7. The highest BCUT2D eigenvalue weighted by Crippen LogP contribution is 2.28. The van der Waals surface area contributed by atoms with E-state index in [-0.39, 0.29) is 5.97 Å². The minimum absolute atomic E-state index is 0.253. The Morgan fingerprint density at radius 1 is 0.947 bits per heavy atom. The van der Waals surface area contributed by atoms with Crippen LogP contribution in [0.4, 0.5) is 0 Å². The topological polar surface area (TPSA) is 26.3 Å². The predicted octanol–water partition coefficient (Wildman–Crippen LogP) is 4.06. The molecule has 2 heteroatoms. The molecule has 0 fully saturated rings. The molecule has 0 aromatic heterocycles. The quantitative estimate of drug-likeness (QED) is 0.506. The summed E-state index contributed by atoms with van der Waals surface area (Å²) in [7, 11) is 0. The summed E-state index contributed by atoms with van der Waals surface area (Å²) in [6.07, 6.45) is 0. The zero-order chi connectivity index (χ0) is 13.2. The Kier molecular flexibility index (Phi) is 2.92. The van der Waals surface area contributed by atoms with Crippen LogP contribution in [0.1, 0.15) is 12.5 Å². The molecule has 0 saturated heterocycles. The Labute approximate surface area is 111 Å². The van der Waals surface area contributed by atoms with Gasteiger partial charge in [0, 0.05) is 6.92 Å². The van der Waals surface area contributed by atoms with Gasteiger partial charge in [-0.15, -0.1) is 0 Å². The van der Waals surface area contributed by atoms with Crippen LogP contribution in [0.2, 0.25) is 0 Å². The number of hydrogen-bond donors (Lipinski definition) is 0. The van der Waals surface area contributed by atoms with E-state index in [0.29, 0.717) is 6.61 Å². The van der Waals surface area contributed by atoms with Crippen molar-refractivity contribution >= 4 is 27.5 Å². The fourth-order valence-electron chi connectivity index (χ4n) is 2.43. The molecule has 94 valence electrons. The van der Waals surface area contributed by atoms with Gasteiger partial charge >= 0.3 is 5.97 Å². The van der Waals surface area contributed by atoms with Crippen LogP contribution in [0.25, 0.3) is 21.5 Å². The van der Waals surface area contributed by atoms with Gasteiger partial charge in [-0.3, -0.25) is 4.79 Å². The van der Waals surface area contributed by atoms with Gasteiger partial charge in [0.05, 0.1) is 0 Å². The zero-order valence-electron chi connectivity index (χ0n) is 10.7. The highest BCUT2D eigenvalue weighted by molar-refractivity contribution is 6.08. The molecule has 0 unspecified atom stereocenters. The van der Waals surface area contributed by atoms with Crippen LogP contribution in [0.5, 0.6) is 0 Å². The van der Waals surface area contributed by atoms with Crippen molar-refractivity contribution in [1.82, 2.24) is 0 Å². The van der Waals surface area contributed by atoms with Gasteiger partial charge in [0.15, 0.2) is 0 Å². The van der Waals surface area contributed by atoms with Gasteiger partial charge in [-0.2, -0.15) is 0 Å². The molecule has 0 radical (unpaired) electrons. The van der Waals surface area contributed by atoms with Crippen LogP contribution in [-0.2, 0) is 16.1 Å². The summed E-state index contributed by atoms with van der Waals surface area (Å²) in [6.45, 7) is 1.75. The second kappa shape index (κ2) is 4.73. The molecule has 0 spiro atoms. The lowest BCUT2D eigenvalue weighted by Crippen LogP contribution is -1.99. The molecule has 3 rings (SSSR count). The normalized spacial score (nSPS) is 10.8. The molecule has 0 atom stereocenters. The molecule has 19 heavy (non-hydrogen) atoms. The first kappa shape index (κ1) is 11.7. The summed E-state index contributed by atoms with van der Waals surface area (Å²) in [5, 5.41) is 4.73. The lowest BCUT2D eigenvalue weighted by molar-refractivity contribution is -0.142. The van der Waals surface area contributed by atoms with Crippen molar-refractivity contribution in [3.05, 3.63) is 60.2 Å². The molecular weight excluding hydrogens is 236 g/mol. The molecule has 0 N–H and O–H groups in total. The maximum atomic E-state index is 11.0.